The van der Waals surface area contributed by atoms with E-state index >= 15 is 0 Å². The first-order valence-corrected chi connectivity index (χ1v) is 8.39. The van der Waals surface area contributed by atoms with E-state index in [4.69, 9.17) is 0 Å². The molecule has 0 aromatic carbocycles. The van der Waals surface area contributed by atoms with Crippen molar-refractivity contribution in [2.24, 2.45) is 0 Å². The number of halogens is 3. The summed E-state index contributed by atoms with van der Waals surface area (Å²) < 4.78 is 39.9. The highest BCUT2D eigenvalue weighted by Gasteiger charge is 2.24. The summed E-state index contributed by atoms with van der Waals surface area (Å²) in [5.74, 6) is -3.30. The van der Waals surface area contributed by atoms with E-state index in [1.807, 2.05) is 13.0 Å². The molecule has 0 radical (unpaired) electrons. The third-order valence-electron chi connectivity index (χ3n) is 3.95. The molecule has 0 atom stereocenters. The van der Waals surface area contributed by atoms with E-state index in [1.165, 1.54) is 24.5 Å². The number of hydrogen-bond acceptors (Lipinski definition) is 3. The van der Waals surface area contributed by atoms with E-state index in [9.17, 15) is 13.2 Å². The van der Waals surface area contributed by atoms with Crippen LogP contribution in [0.5, 0.6) is 0 Å². The predicted octanol–water partition coefficient (Wildman–Crippen LogP) is 5.30. The number of aryl methyl sites for hydroxylation is 1. The highest BCUT2D eigenvalue weighted by Crippen LogP contribution is 2.28. The van der Waals surface area contributed by atoms with E-state index in [0.717, 1.165) is 30.1 Å². The van der Waals surface area contributed by atoms with Gasteiger partial charge < -0.3 is 5.32 Å². The van der Waals surface area contributed by atoms with Crippen molar-refractivity contribution in [3.05, 3.63) is 89.4 Å². The Hall–Kier alpha value is -2.89. The second-order valence-electron chi connectivity index (χ2n) is 6.36. The van der Waals surface area contributed by atoms with Crippen LogP contribution in [0, 0.1) is 12.7 Å². The summed E-state index contributed by atoms with van der Waals surface area (Å²) in [6.07, 6.45) is 9.16. The molecule has 1 N–H and O–H groups in total. The smallest absolute Gasteiger partial charge is 0.272 e. The SMILES string of the molecule is C=C(/C=C\C=C(/C)NCc1ncc(F)cc1C)c1cncc(C(C)(F)F)c1. The van der Waals surface area contributed by atoms with Gasteiger partial charge in [-0.2, -0.15) is 0 Å². The van der Waals surface area contributed by atoms with Crippen molar-refractivity contribution in [1.82, 2.24) is 15.3 Å². The summed E-state index contributed by atoms with van der Waals surface area (Å²) in [4.78, 5) is 7.92. The van der Waals surface area contributed by atoms with Crippen molar-refractivity contribution in [2.75, 3.05) is 0 Å². The zero-order valence-corrected chi connectivity index (χ0v) is 15.6. The molecule has 0 saturated carbocycles. The molecule has 0 aliphatic heterocycles. The third-order valence-corrected chi connectivity index (χ3v) is 3.95. The van der Waals surface area contributed by atoms with Gasteiger partial charge in [0.05, 0.1) is 18.4 Å². The molecule has 6 heteroatoms. The highest BCUT2D eigenvalue weighted by molar-refractivity contribution is 5.72. The molecule has 142 valence electrons. The Bertz CT molecular complexity index is 880. The molecule has 0 spiro atoms. The van der Waals surface area contributed by atoms with Gasteiger partial charge in [-0.1, -0.05) is 18.7 Å². The van der Waals surface area contributed by atoms with Gasteiger partial charge in [0.1, 0.15) is 5.82 Å². The maximum absolute atomic E-state index is 13.4. The first kappa shape index (κ1) is 20.4. The lowest BCUT2D eigenvalue weighted by Crippen LogP contribution is -2.12. The largest absolute Gasteiger partial charge is 0.383 e. The fourth-order valence-electron chi connectivity index (χ4n) is 2.30. The Labute approximate surface area is 157 Å². The van der Waals surface area contributed by atoms with Gasteiger partial charge in [-0.15, -0.1) is 0 Å². The zero-order chi connectivity index (χ0) is 20.0. The molecule has 2 aromatic heterocycles. The van der Waals surface area contributed by atoms with Gasteiger partial charge in [-0.05, 0) is 48.8 Å². The molecule has 0 aliphatic rings. The standard InChI is InChI=1S/C21H22F3N3/c1-14(17-9-18(11-25-10-17)21(4,23)24)6-5-7-16(3)26-13-20-15(2)8-19(22)12-27-20/h5-12,26H,1,13H2,2-4H3/b6-5-,16-7+. The maximum atomic E-state index is 13.4. The fraction of sp³-hybridized carbons (Fsp3) is 0.238. The summed E-state index contributed by atoms with van der Waals surface area (Å²) >= 11 is 0. The quantitative estimate of drug-likeness (QED) is 0.670. The van der Waals surface area contributed by atoms with Crippen LogP contribution in [0.25, 0.3) is 5.57 Å². The molecule has 0 fully saturated rings. The van der Waals surface area contributed by atoms with Crippen LogP contribution in [-0.4, -0.2) is 9.97 Å². The number of nitrogens with zero attached hydrogens (tertiary/aromatic N) is 2. The van der Waals surface area contributed by atoms with Crippen LogP contribution < -0.4 is 5.32 Å². The molecular weight excluding hydrogens is 351 g/mol. The molecule has 3 nitrogen and oxygen atoms in total. The highest BCUT2D eigenvalue weighted by atomic mass is 19.3. The zero-order valence-electron chi connectivity index (χ0n) is 15.6. The molecule has 2 aromatic rings. The van der Waals surface area contributed by atoms with Gasteiger partial charge in [0.2, 0.25) is 0 Å². The van der Waals surface area contributed by atoms with E-state index < -0.39 is 5.92 Å². The fourth-order valence-corrected chi connectivity index (χ4v) is 2.30. The minimum Gasteiger partial charge on any atom is -0.383 e. The molecule has 0 unspecified atom stereocenters. The lowest BCUT2D eigenvalue weighted by Gasteiger charge is -2.11. The molecular formula is C21H22F3N3. The van der Waals surface area contributed by atoms with Gasteiger partial charge in [-0.25, -0.2) is 13.2 Å². The van der Waals surface area contributed by atoms with Gasteiger partial charge in [-0.3, -0.25) is 9.97 Å². The van der Waals surface area contributed by atoms with Crippen molar-refractivity contribution >= 4 is 5.57 Å². The number of allylic oxidation sites excluding steroid dienone is 5. The molecule has 0 amide bonds. The number of nitrogens with one attached hydrogen (secondary N) is 1. The van der Waals surface area contributed by atoms with Crippen LogP contribution in [0.4, 0.5) is 13.2 Å². The van der Waals surface area contributed by atoms with Crippen LogP contribution in [0.3, 0.4) is 0 Å². The molecule has 27 heavy (non-hydrogen) atoms. The van der Waals surface area contributed by atoms with Crippen molar-refractivity contribution in [3.8, 4) is 0 Å². The molecule has 2 heterocycles. The summed E-state index contributed by atoms with van der Waals surface area (Å²) in [6.45, 7) is 8.88. The van der Waals surface area contributed by atoms with Crippen LogP contribution in [0.15, 0.2) is 61.2 Å². The molecule has 0 aliphatic carbocycles. The number of pyridine rings is 2. The summed E-state index contributed by atoms with van der Waals surface area (Å²) in [5, 5.41) is 3.19. The second kappa shape index (κ2) is 8.66. The van der Waals surface area contributed by atoms with Gasteiger partial charge in [0.15, 0.2) is 0 Å². The number of aromatic nitrogens is 2. The van der Waals surface area contributed by atoms with Gasteiger partial charge in [0.25, 0.3) is 5.92 Å². The lowest BCUT2D eigenvalue weighted by molar-refractivity contribution is 0.0171. The van der Waals surface area contributed by atoms with Crippen LogP contribution >= 0.6 is 0 Å². The normalized spacial score (nSPS) is 12.4. The average Bonchev–Trinajstić information content (AvgIpc) is 2.60. The van der Waals surface area contributed by atoms with Gasteiger partial charge in [0, 0.05) is 30.6 Å². The van der Waals surface area contributed by atoms with Crippen LogP contribution in [-0.2, 0) is 12.5 Å². The molecule has 2 rings (SSSR count). The summed E-state index contributed by atoms with van der Waals surface area (Å²) in [7, 11) is 0. The van der Waals surface area contributed by atoms with E-state index in [-0.39, 0.29) is 11.4 Å². The molecule has 0 bridgehead atoms. The summed E-state index contributed by atoms with van der Waals surface area (Å²) in [6, 6.07) is 2.83. The van der Waals surface area contributed by atoms with E-state index in [2.05, 4.69) is 21.9 Å². The Balaban J connectivity index is 1.97. The number of alkyl halides is 2. The predicted molar refractivity (Wildman–Crippen MR) is 102 cm³/mol. The van der Waals surface area contributed by atoms with Crippen molar-refractivity contribution in [3.63, 3.8) is 0 Å². The minimum absolute atomic E-state index is 0.148. The number of rotatable bonds is 7. The molecule has 0 saturated heterocycles. The Morgan fingerprint density at radius 3 is 2.67 bits per heavy atom. The van der Waals surface area contributed by atoms with Crippen molar-refractivity contribution in [1.29, 1.82) is 0 Å². The second-order valence-corrected chi connectivity index (χ2v) is 6.36. The third kappa shape index (κ3) is 6.09. The van der Waals surface area contributed by atoms with E-state index in [1.54, 1.807) is 19.1 Å². The van der Waals surface area contributed by atoms with Gasteiger partial charge >= 0.3 is 0 Å². The van der Waals surface area contributed by atoms with Crippen molar-refractivity contribution < 1.29 is 13.2 Å². The topological polar surface area (TPSA) is 37.8 Å². The Morgan fingerprint density at radius 2 is 2.00 bits per heavy atom. The Morgan fingerprint density at radius 1 is 1.26 bits per heavy atom. The Kier molecular flexibility index (Phi) is 6.55. The minimum atomic E-state index is -2.94. The average molecular weight is 373 g/mol. The monoisotopic (exact) mass is 373 g/mol. The van der Waals surface area contributed by atoms with Crippen LogP contribution in [0.1, 0.15) is 36.2 Å². The first-order valence-electron chi connectivity index (χ1n) is 8.39. The first-order chi connectivity index (χ1) is 12.7. The van der Waals surface area contributed by atoms with Crippen molar-refractivity contribution in [2.45, 2.75) is 33.2 Å². The van der Waals surface area contributed by atoms with E-state index in [0.29, 0.717) is 17.7 Å². The maximum Gasteiger partial charge on any atom is 0.272 e. The summed E-state index contributed by atoms with van der Waals surface area (Å²) in [5.41, 5.74) is 3.38. The van der Waals surface area contributed by atoms with Crippen LogP contribution in [0.2, 0.25) is 0 Å². The number of hydrogen-bond donors (Lipinski definition) is 1. The lowest BCUT2D eigenvalue weighted by atomic mass is 10.0.